The van der Waals surface area contributed by atoms with E-state index in [1.807, 2.05) is 17.8 Å². The molecule has 1 aromatic rings. The summed E-state index contributed by atoms with van der Waals surface area (Å²) in [5, 5.41) is 5.76. The molecule has 0 spiro atoms. The summed E-state index contributed by atoms with van der Waals surface area (Å²) >= 11 is 20.3. The molecule has 1 aliphatic rings. The molecule has 0 amide bonds. The van der Waals surface area contributed by atoms with E-state index in [0.29, 0.717) is 15.1 Å². The molecule has 5 heteroatoms. The quantitative estimate of drug-likeness (QED) is 0.765. The van der Waals surface area contributed by atoms with Crippen molar-refractivity contribution >= 4 is 46.6 Å². The Kier molecular flexibility index (Phi) is 5.52. The predicted molar refractivity (Wildman–Crippen MR) is 83.4 cm³/mol. The van der Waals surface area contributed by atoms with Gasteiger partial charge in [0.2, 0.25) is 0 Å². The van der Waals surface area contributed by atoms with Gasteiger partial charge in [-0.15, -0.1) is 0 Å². The molecule has 2 unspecified atom stereocenters. The predicted octanol–water partition coefficient (Wildman–Crippen LogP) is 5.19. The number of thioether (sulfide) groups is 1. The van der Waals surface area contributed by atoms with Crippen molar-refractivity contribution in [1.82, 2.24) is 5.32 Å². The van der Waals surface area contributed by atoms with Gasteiger partial charge in [0, 0.05) is 17.8 Å². The van der Waals surface area contributed by atoms with Crippen molar-refractivity contribution in [3.8, 4) is 0 Å². The van der Waals surface area contributed by atoms with Gasteiger partial charge in [-0.25, -0.2) is 0 Å². The van der Waals surface area contributed by atoms with E-state index < -0.39 is 0 Å². The van der Waals surface area contributed by atoms with E-state index in [1.54, 1.807) is 6.07 Å². The van der Waals surface area contributed by atoms with E-state index in [-0.39, 0.29) is 6.04 Å². The zero-order chi connectivity index (χ0) is 13.1. The van der Waals surface area contributed by atoms with Gasteiger partial charge in [0.1, 0.15) is 0 Å². The smallest absolute Gasteiger partial charge is 0.0781 e. The van der Waals surface area contributed by atoms with Gasteiger partial charge < -0.3 is 5.32 Å². The summed E-state index contributed by atoms with van der Waals surface area (Å²) in [7, 11) is 0. The van der Waals surface area contributed by atoms with Crippen LogP contribution < -0.4 is 5.32 Å². The summed E-state index contributed by atoms with van der Waals surface area (Å²) in [5.41, 5.74) is 1.01. The van der Waals surface area contributed by atoms with Crippen LogP contribution in [0, 0.1) is 0 Å². The molecule has 1 aromatic carbocycles. The number of rotatable bonds is 4. The Labute approximate surface area is 128 Å². The van der Waals surface area contributed by atoms with Gasteiger partial charge in [0.25, 0.3) is 0 Å². The number of halogens is 3. The lowest BCUT2D eigenvalue weighted by Gasteiger charge is -2.19. The zero-order valence-corrected chi connectivity index (χ0v) is 13.3. The van der Waals surface area contributed by atoms with E-state index in [4.69, 9.17) is 34.8 Å². The fraction of sp³-hybridized carbons (Fsp3) is 0.538. The first-order chi connectivity index (χ1) is 8.59. The second-order valence-electron chi connectivity index (χ2n) is 4.53. The molecule has 18 heavy (non-hydrogen) atoms. The lowest BCUT2D eigenvalue weighted by Crippen LogP contribution is -2.26. The SMILES string of the molecule is CC(NCC1CCCS1)c1ccc(Cl)c(Cl)c1Cl. The molecule has 1 heterocycles. The lowest BCUT2D eigenvalue weighted by molar-refractivity contribution is 0.559. The van der Waals surface area contributed by atoms with Crippen LogP contribution in [0.1, 0.15) is 31.4 Å². The third kappa shape index (κ3) is 3.49. The van der Waals surface area contributed by atoms with Crippen molar-refractivity contribution in [3.05, 3.63) is 32.8 Å². The summed E-state index contributed by atoms with van der Waals surface area (Å²) in [5.74, 6) is 1.29. The highest BCUT2D eigenvalue weighted by atomic mass is 35.5. The number of hydrogen-bond donors (Lipinski definition) is 1. The number of nitrogens with one attached hydrogen (secondary N) is 1. The molecule has 0 aromatic heterocycles. The average Bonchev–Trinajstić information content (AvgIpc) is 2.86. The molecule has 2 atom stereocenters. The first-order valence-electron chi connectivity index (χ1n) is 6.08. The Balaban J connectivity index is 1.99. The fourth-order valence-electron chi connectivity index (χ4n) is 2.10. The van der Waals surface area contributed by atoms with Crippen LogP contribution in [0.4, 0.5) is 0 Å². The molecule has 100 valence electrons. The lowest BCUT2D eigenvalue weighted by atomic mass is 10.1. The van der Waals surface area contributed by atoms with Crippen LogP contribution in [0.15, 0.2) is 12.1 Å². The molecule has 0 bridgehead atoms. The van der Waals surface area contributed by atoms with Gasteiger partial charge in [-0.2, -0.15) is 11.8 Å². The van der Waals surface area contributed by atoms with Gasteiger partial charge in [-0.1, -0.05) is 40.9 Å². The summed E-state index contributed by atoms with van der Waals surface area (Å²) < 4.78 is 0. The van der Waals surface area contributed by atoms with Crippen molar-refractivity contribution in [1.29, 1.82) is 0 Å². The molecule has 1 nitrogen and oxygen atoms in total. The summed E-state index contributed by atoms with van der Waals surface area (Å²) in [6.45, 7) is 3.12. The Bertz CT molecular complexity index is 419. The van der Waals surface area contributed by atoms with Gasteiger partial charge in [-0.05, 0) is 37.1 Å². The molecule has 1 N–H and O–H groups in total. The Hall–Kier alpha value is 0.400. The topological polar surface area (TPSA) is 12.0 Å². The van der Waals surface area contributed by atoms with E-state index in [0.717, 1.165) is 17.4 Å². The third-order valence-corrected chi connectivity index (χ3v) is 5.91. The van der Waals surface area contributed by atoms with Crippen LogP contribution in [0.5, 0.6) is 0 Å². The molecule has 1 aliphatic heterocycles. The molecule has 2 rings (SSSR count). The average molecular weight is 325 g/mol. The summed E-state index contributed by atoms with van der Waals surface area (Å²) in [4.78, 5) is 0. The standard InChI is InChI=1S/C13H16Cl3NS/c1-8(17-7-9-3-2-6-18-9)10-4-5-11(14)13(16)12(10)15/h4-5,8-9,17H,2-3,6-7H2,1H3. The minimum atomic E-state index is 0.188. The van der Waals surface area contributed by atoms with E-state index in [1.165, 1.54) is 18.6 Å². The van der Waals surface area contributed by atoms with Gasteiger partial charge in [0.15, 0.2) is 0 Å². The minimum Gasteiger partial charge on any atom is -0.309 e. The monoisotopic (exact) mass is 323 g/mol. The maximum atomic E-state index is 6.23. The maximum absolute atomic E-state index is 6.23. The molecular formula is C13H16Cl3NS. The molecule has 0 aliphatic carbocycles. The summed E-state index contributed by atoms with van der Waals surface area (Å²) in [6.07, 6.45) is 2.64. The first-order valence-corrected chi connectivity index (χ1v) is 8.26. The largest absolute Gasteiger partial charge is 0.309 e. The van der Waals surface area contributed by atoms with Crippen molar-refractivity contribution < 1.29 is 0 Å². The highest BCUT2D eigenvalue weighted by molar-refractivity contribution is 8.00. The Morgan fingerprint density at radius 3 is 2.78 bits per heavy atom. The van der Waals surface area contributed by atoms with Crippen LogP contribution in [-0.4, -0.2) is 17.5 Å². The molecule has 1 saturated heterocycles. The van der Waals surface area contributed by atoms with E-state index >= 15 is 0 Å². The minimum absolute atomic E-state index is 0.188. The van der Waals surface area contributed by atoms with Crippen molar-refractivity contribution in [3.63, 3.8) is 0 Å². The molecule has 0 radical (unpaired) electrons. The second kappa shape index (κ2) is 6.71. The van der Waals surface area contributed by atoms with Crippen molar-refractivity contribution in [2.75, 3.05) is 12.3 Å². The zero-order valence-electron chi connectivity index (χ0n) is 10.2. The third-order valence-electron chi connectivity index (χ3n) is 3.21. The van der Waals surface area contributed by atoms with Gasteiger partial charge in [0.05, 0.1) is 15.1 Å². The second-order valence-corrected chi connectivity index (χ2v) is 7.10. The highest BCUT2D eigenvalue weighted by Gasteiger charge is 2.18. The molecular weight excluding hydrogens is 309 g/mol. The normalized spacial score (nSPS) is 21.2. The van der Waals surface area contributed by atoms with Crippen LogP contribution >= 0.6 is 46.6 Å². The van der Waals surface area contributed by atoms with Crippen LogP contribution in [0.25, 0.3) is 0 Å². The summed E-state index contributed by atoms with van der Waals surface area (Å²) in [6, 6.07) is 3.93. The van der Waals surface area contributed by atoms with Crippen LogP contribution in [0.2, 0.25) is 15.1 Å². The van der Waals surface area contributed by atoms with E-state index in [2.05, 4.69) is 12.2 Å². The number of benzene rings is 1. The first kappa shape index (κ1) is 14.8. The Morgan fingerprint density at radius 2 is 2.11 bits per heavy atom. The Morgan fingerprint density at radius 1 is 1.33 bits per heavy atom. The van der Waals surface area contributed by atoms with Gasteiger partial charge in [-0.3, -0.25) is 0 Å². The molecule has 1 fully saturated rings. The van der Waals surface area contributed by atoms with E-state index in [9.17, 15) is 0 Å². The van der Waals surface area contributed by atoms with Gasteiger partial charge >= 0.3 is 0 Å². The number of hydrogen-bond acceptors (Lipinski definition) is 2. The van der Waals surface area contributed by atoms with Crippen LogP contribution in [-0.2, 0) is 0 Å². The maximum Gasteiger partial charge on any atom is 0.0781 e. The van der Waals surface area contributed by atoms with Crippen LogP contribution in [0.3, 0.4) is 0 Å². The molecule has 0 saturated carbocycles. The fourth-order valence-corrected chi connectivity index (χ4v) is 4.02. The highest BCUT2D eigenvalue weighted by Crippen LogP contribution is 2.35. The van der Waals surface area contributed by atoms with Crippen molar-refractivity contribution in [2.45, 2.75) is 31.1 Å². The van der Waals surface area contributed by atoms with Crippen molar-refractivity contribution in [2.24, 2.45) is 0 Å².